The fourth-order valence-electron chi connectivity index (χ4n) is 2.27. The Bertz CT molecular complexity index is 628. The van der Waals surface area contributed by atoms with Crippen LogP contribution in [-0.4, -0.2) is 16.5 Å². The minimum atomic E-state index is -0.270. The van der Waals surface area contributed by atoms with Gasteiger partial charge in [-0.25, -0.2) is 14.4 Å². The van der Waals surface area contributed by atoms with E-state index in [2.05, 4.69) is 16.9 Å². The minimum absolute atomic E-state index is 0.270. The summed E-state index contributed by atoms with van der Waals surface area (Å²) in [5.74, 6) is 1.56. The first-order valence-corrected chi connectivity index (χ1v) is 7.23. The lowest BCUT2D eigenvalue weighted by Gasteiger charge is -2.25. The highest BCUT2D eigenvalue weighted by atomic mass is 19.1. The van der Waals surface area contributed by atoms with Crippen LogP contribution in [0.5, 0.6) is 0 Å². The second kappa shape index (κ2) is 6.52. The number of halogens is 1. The molecule has 2 rings (SSSR count). The summed E-state index contributed by atoms with van der Waals surface area (Å²) in [5.41, 5.74) is 7.27. The normalized spacial score (nSPS) is 10.7. The Morgan fingerprint density at radius 3 is 2.52 bits per heavy atom. The van der Waals surface area contributed by atoms with E-state index in [0.29, 0.717) is 29.7 Å². The molecule has 0 aliphatic carbocycles. The Kier molecular flexibility index (Phi) is 4.73. The number of nitrogen functional groups attached to an aromatic ring is 1. The Labute approximate surface area is 124 Å². The lowest BCUT2D eigenvalue weighted by molar-refractivity contribution is 0.625. The lowest BCUT2D eigenvalue weighted by atomic mass is 10.2. The van der Waals surface area contributed by atoms with Gasteiger partial charge in [0.2, 0.25) is 0 Å². The van der Waals surface area contributed by atoms with Crippen molar-refractivity contribution in [2.45, 2.75) is 33.6 Å². The predicted molar refractivity (Wildman–Crippen MR) is 84.3 cm³/mol. The van der Waals surface area contributed by atoms with Gasteiger partial charge in [-0.2, -0.15) is 0 Å². The number of anilines is 3. The molecule has 0 bridgehead atoms. The van der Waals surface area contributed by atoms with Gasteiger partial charge in [-0.1, -0.05) is 19.1 Å². The molecule has 21 heavy (non-hydrogen) atoms. The molecule has 2 N–H and O–H groups in total. The van der Waals surface area contributed by atoms with E-state index in [1.165, 1.54) is 6.07 Å². The maximum Gasteiger partial charge on any atom is 0.146 e. The number of benzene rings is 1. The molecular formula is C16H21FN4. The average molecular weight is 288 g/mol. The van der Waals surface area contributed by atoms with Crippen molar-refractivity contribution in [3.05, 3.63) is 41.5 Å². The first-order valence-electron chi connectivity index (χ1n) is 7.23. The number of hydrogen-bond acceptors (Lipinski definition) is 4. The predicted octanol–water partition coefficient (Wildman–Crippen LogP) is 3.62. The highest BCUT2D eigenvalue weighted by Gasteiger charge is 2.18. The summed E-state index contributed by atoms with van der Waals surface area (Å²) in [6.07, 6.45) is 1.69. The van der Waals surface area contributed by atoms with E-state index in [4.69, 9.17) is 5.73 Å². The minimum Gasteiger partial charge on any atom is -0.383 e. The Morgan fingerprint density at radius 2 is 1.90 bits per heavy atom. The number of rotatable bonds is 5. The lowest BCUT2D eigenvalue weighted by Crippen LogP contribution is -2.21. The van der Waals surface area contributed by atoms with Crippen LogP contribution in [0.4, 0.5) is 21.7 Å². The maximum absolute atomic E-state index is 14.1. The van der Waals surface area contributed by atoms with Crippen LogP contribution in [0.15, 0.2) is 24.3 Å². The van der Waals surface area contributed by atoms with Crippen LogP contribution in [0.3, 0.4) is 0 Å². The largest absolute Gasteiger partial charge is 0.383 e. The summed E-state index contributed by atoms with van der Waals surface area (Å²) < 4.78 is 14.1. The molecule has 112 valence electrons. The standard InChI is InChI=1S/C16H21FN4/c1-4-8-14-19-15(18)11(3)16(20-14)21(5-2)13-10-7-6-9-12(13)17/h6-7,9-10H,4-5,8H2,1-3H3,(H2,18,19,20). The van der Waals surface area contributed by atoms with E-state index in [9.17, 15) is 4.39 Å². The number of hydrogen-bond donors (Lipinski definition) is 1. The van der Waals surface area contributed by atoms with Crippen molar-refractivity contribution in [2.24, 2.45) is 0 Å². The van der Waals surface area contributed by atoms with Crippen LogP contribution in [0.25, 0.3) is 0 Å². The highest BCUT2D eigenvalue weighted by molar-refractivity contribution is 5.66. The third-order valence-corrected chi connectivity index (χ3v) is 3.39. The quantitative estimate of drug-likeness (QED) is 0.913. The first kappa shape index (κ1) is 15.2. The molecule has 1 aromatic heterocycles. The summed E-state index contributed by atoms with van der Waals surface area (Å²) in [4.78, 5) is 10.7. The molecule has 0 saturated carbocycles. The molecule has 1 heterocycles. The van der Waals surface area contributed by atoms with Gasteiger partial charge in [0, 0.05) is 18.5 Å². The van der Waals surface area contributed by atoms with Gasteiger partial charge in [-0.15, -0.1) is 0 Å². The van der Waals surface area contributed by atoms with Gasteiger partial charge in [0.1, 0.15) is 23.3 Å². The molecule has 0 spiro atoms. The average Bonchev–Trinajstić information content (AvgIpc) is 2.47. The summed E-state index contributed by atoms with van der Waals surface area (Å²) in [6, 6.07) is 6.69. The van der Waals surface area contributed by atoms with E-state index in [0.717, 1.165) is 18.4 Å². The third-order valence-electron chi connectivity index (χ3n) is 3.39. The van der Waals surface area contributed by atoms with E-state index < -0.39 is 0 Å². The Hall–Kier alpha value is -2.17. The van der Waals surface area contributed by atoms with Gasteiger partial charge in [-0.3, -0.25) is 0 Å². The van der Waals surface area contributed by atoms with E-state index in [-0.39, 0.29) is 5.82 Å². The Morgan fingerprint density at radius 1 is 1.19 bits per heavy atom. The topological polar surface area (TPSA) is 55.0 Å². The molecule has 0 aliphatic heterocycles. The molecule has 2 aromatic rings. The van der Waals surface area contributed by atoms with Crippen molar-refractivity contribution < 1.29 is 4.39 Å². The van der Waals surface area contributed by atoms with Crippen molar-refractivity contribution >= 4 is 17.3 Å². The molecule has 0 atom stereocenters. The van der Waals surface area contributed by atoms with Gasteiger partial charge in [0.05, 0.1) is 5.69 Å². The van der Waals surface area contributed by atoms with Crippen molar-refractivity contribution in [3.8, 4) is 0 Å². The van der Waals surface area contributed by atoms with Gasteiger partial charge >= 0.3 is 0 Å². The number of para-hydroxylation sites is 1. The van der Waals surface area contributed by atoms with Crippen LogP contribution < -0.4 is 10.6 Å². The summed E-state index contributed by atoms with van der Waals surface area (Å²) in [5, 5.41) is 0. The third kappa shape index (κ3) is 3.12. The van der Waals surface area contributed by atoms with Crippen molar-refractivity contribution in [2.75, 3.05) is 17.2 Å². The molecule has 4 nitrogen and oxygen atoms in total. The zero-order valence-electron chi connectivity index (χ0n) is 12.7. The molecule has 0 unspecified atom stereocenters. The second-order valence-electron chi connectivity index (χ2n) is 4.92. The van der Waals surface area contributed by atoms with Crippen LogP contribution in [0.2, 0.25) is 0 Å². The Balaban J connectivity index is 2.54. The number of nitrogens with two attached hydrogens (primary N) is 1. The second-order valence-corrected chi connectivity index (χ2v) is 4.92. The molecule has 0 amide bonds. The molecule has 0 fully saturated rings. The molecule has 5 heteroatoms. The van der Waals surface area contributed by atoms with E-state index in [1.54, 1.807) is 12.1 Å². The van der Waals surface area contributed by atoms with Crippen LogP contribution in [0.1, 0.15) is 31.7 Å². The van der Waals surface area contributed by atoms with Crippen LogP contribution in [0, 0.1) is 12.7 Å². The SMILES string of the molecule is CCCc1nc(N)c(C)c(N(CC)c2ccccc2F)n1. The van der Waals surface area contributed by atoms with Gasteiger partial charge < -0.3 is 10.6 Å². The van der Waals surface area contributed by atoms with Crippen molar-refractivity contribution in [1.29, 1.82) is 0 Å². The van der Waals surface area contributed by atoms with E-state index in [1.807, 2.05) is 24.8 Å². The summed E-state index contributed by atoms with van der Waals surface area (Å²) in [6.45, 7) is 6.49. The maximum atomic E-state index is 14.1. The fraction of sp³-hybridized carbons (Fsp3) is 0.375. The van der Waals surface area contributed by atoms with E-state index >= 15 is 0 Å². The summed E-state index contributed by atoms with van der Waals surface area (Å²) >= 11 is 0. The smallest absolute Gasteiger partial charge is 0.146 e. The fourth-order valence-corrected chi connectivity index (χ4v) is 2.27. The van der Waals surface area contributed by atoms with Crippen LogP contribution >= 0.6 is 0 Å². The number of aromatic nitrogens is 2. The van der Waals surface area contributed by atoms with Crippen molar-refractivity contribution in [1.82, 2.24) is 9.97 Å². The number of nitrogens with zero attached hydrogens (tertiary/aromatic N) is 3. The molecule has 1 aromatic carbocycles. The molecular weight excluding hydrogens is 267 g/mol. The zero-order valence-corrected chi connectivity index (χ0v) is 12.7. The molecule has 0 radical (unpaired) electrons. The van der Waals surface area contributed by atoms with Gasteiger partial charge in [0.15, 0.2) is 0 Å². The van der Waals surface area contributed by atoms with Crippen LogP contribution in [-0.2, 0) is 6.42 Å². The van der Waals surface area contributed by atoms with Gasteiger partial charge in [0.25, 0.3) is 0 Å². The molecule has 0 saturated heterocycles. The summed E-state index contributed by atoms with van der Waals surface area (Å²) in [7, 11) is 0. The number of aryl methyl sites for hydroxylation is 1. The monoisotopic (exact) mass is 288 g/mol. The first-order chi connectivity index (χ1) is 10.1. The molecule has 0 aliphatic rings. The van der Waals surface area contributed by atoms with Crippen molar-refractivity contribution in [3.63, 3.8) is 0 Å². The van der Waals surface area contributed by atoms with Gasteiger partial charge in [-0.05, 0) is 32.4 Å². The highest BCUT2D eigenvalue weighted by Crippen LogP contribution is 2.30. The zero-order chi connectivity index (χ0) is 15.4.